The van der Waals surface area contributed by atoms with Crippen LogP contribution < -0.4 is 5.32 Å². The minimum Gasteiger partial charge on any atom is -0.322 e. The van der Waals surface area contributed by atoms with Gasteiger partial charge >= 0.3 is 0 Å². The van der Waals surface area contributed by atoms with Gasteiger partial charge < -0.3 is 5.32 Å². The third kappa shape index (κ3) is 3.02. The van der Waals surface area contributed by atoms with Gasteiger partial charge in [-0.05, 0) is 59.9 Å². The molecule has 0 unspecified atom stereocenters. The predicted octanol–water partition coefficient (Wildman–Crippen LogP) is 5.66. The van der Waals surface area contributed by atoms with Gasteiger partial charge in [0.05, 0.1) is 5.69 Å². The van der Waals surface area contributed by atoms with E-state index in [9.17, 15) is 4.79 Å². The largest absolute Gasteiger partial charge is 0.322 e. The zero-order valence-corrected chi connectivity index (χ0v) is 16.6. The topological polar surface area (TPSA) is 46.9 Å². The van der Waals surface area contributed by atoms with E-state index < -0.39 is 0 Å². The highest BCUT2D eigenvalue weighted by Gasteiger charge is 2.23. The summed E-state index contributed by atoms with van der Waals surface area (Å²) >= 11 is 6.32. The van der Waals surface area contributed by atoms with Crippen LogP contribution >= 0.6 is 11.6 Å². The number of nitrogens with zero attached hydrogens (tertiary/aromatic N) is 2. The van der Waals surface area contributed by atoms with Gasteiger partial charge in [0, 0.05) is 16.9 Å². The average molecular weight is 400 g/mol. The molecule has 1 N–H and O–H groups in total. The Bertz CT molecular complexity index is 1260. The first kappa shape index (κ1) is 17.7. The number of benzene rings is 3. The van der Waals surface area contributed by atoms with Crippen LogP contribution in [0.4, 0.5) is 5.69 Å². The Labute approximate surface area is 173 Å². The van der Waals surface area contributed by atoms with Gasteiger partial charge in [-0.3, -0.25) is 9.36 Å². The molecule has 29 heavy (non-hydrogen) atoms. The van der Waals surface area contributed by atoms with Crippen molar-refractivity contribution in [3.63, 3.8) is 0 Å². The van der Waals surface area contributed by atoms with Crippen molar-refractivity contribution in [2.75, 3.05) is 5.32 Å². The SMILES string of the molecule is Cc1ncn(-c2cccc(NC(=O)c3cccc4c3Cc3ccccc3-4)c2)c1Cl. The molecule has 3 aromatic carbocycles. The summed E-state index contributed by atoms with van der Waals surface area (Å²) in [4.78, 5) is 17.3. The molecule has 4 nitrogen and oxygen atoms in total. The molecule has 1 heterocycles. The number of aryl methyl sites for hydroxylation is 1. The molecule has 5 heteroatoms. The number of carbonyl (C=O) groups excluding carboxylic acids is 1. The van der Waals surface area contributed by atoms with Gasteiger partial charge in [-0.15, -0.1) is 0 Å². The first-order valence-electron chi connectivity index (χ1n) is 9.43. The Kier molecular flexibility index (Phi) is 4.22. The molecular formula is C24H18ClN3O. The van der Waals surface area contributed by atoms with Crippen LogP contribution in [0.3, 0.4) is 0 Å². The third-order valence-electron chi connectivity index (χ3n) is 5.35. The molecule has 1 aromatic heterocycles. The second-order valence-corrected chi connectivity index (χ2v) is 7.52. The summed E-state index contributed by atoms with van der Waals surface area (Å²) in [6.07, 6.45) is 2.46. The van der Waals surface area contributed by atoms with Crippen molar-refractivity contribution in [2.24, 2.45) is 0 Å². The van der Waals surface area contributed by atoms with Gasteiger partial charge in [0.2, 0.25) is 0 Å². The number of hydrogen-bond donors (Lipinski definition) is 1. The highest BCUT2D eigenvalue weighted by molar-refractivity contribution is 6.30. The lowest BCUT2D eigenvalue weighted by molar-refractivity contribution is 0.102. The number of amides is 1. The molecule has 0 radical (unpaired) electrons. The first-order chi connectivity index (χ1) is 14.1. The number of aromatic nitrogens is 2. The summed E-state index contributed by atoms with van der Waals surface area (Å²) in [7, 11) is 0. The summed E-state index contributed by atoms with van der Waals surface area (Å²) in [5.41, 5.74) is 7.72. The summed E-state index contributed by atoms with van der Waals surface area (Å²) in [6.45, 7) is 1.86. The van der Waals surface area contributed by atoms with Crippen LogP contribution in [0.2, 0.25) is 5.15 Å². The van der Waals surface area contributed by atoms with Crippen molar-refractivity contribution in [1.29, 1.82) is 0 Å². The highest BCUT2D eigenvalue weighted by Crippen LogP contribution is 2.38. The van der Waals surface area contributed by atoms with Gasteiger partial charge in [-0.1, -0.05) is 54.1 Å². The fourth-order valence-electron chi connectivity index (χ4n) is 3.90. The Hall–Kier alpha value is -3.37. The summed E-state index contributed by atoms with van der Waals surface area (Å²) in [5.74, 6) is -0.111. The number of halogens is 1. The van der Waals surface area contributed by atoms with E-state index in [-0.39, 0.29) is 5.91 Å². The second-order valence-electron chi connectivity index (χ2n) is 7.16. The number of anilines is 1. The molecule has 0 saturated heterocycles. The van der Waals surface area contributed by atoms with Crippen molar-refractivity contribution < 1.29 is 4.79 Å². The zero-order valence-electron chi connectivity index (χ0n) is 15.8. The van der Waals surface area contributed by atoms with E-state index in [2.05, 4.69) is 28.5 Å². The number of rotatable bonds is 3. The van der Waals surface area contributed by atoms with E-state index in [1.54, 1.807) is 10.9 Å². The van der Waals surface area contributed by atoms with Crippen molar-refractivity contribution >= 4 is 23.2 Å². The number of hydrogen-bond acceptors (Lipinski definition) is 2. The zero-order chi connectivity index (χ0) is 20.0. The fourth-order valence-corrected chi connectivity index (χ4v) is 4.09. The maximum atomic E-state index is 13.1. The Balaban J connectivity index is 1.45. The maximum Gasteiger partial charge on any atom is 0.255 e. The maximum absolute atomic E-state index is 13.1. The smallest absolute Gasteiger partial charge is 0.255 e. The van der Waals surface area contributed by atoms with Crippen LogP contribution in [-0.2, 0) is 6.42 Å². The minimum absolute atomic E-state index is 0.111. The molecule has 1 aliphatic rings. The van der Waals surface area contributed by atoms with Crippen LogP contribution in [0.1, 0.15) is 27.2 Å². The lowest BCUT2D eigenvalue weighted by Gasteiger charge is -2.11. The summed E-state index contributed by atoms with van der Waals surface area (Å²) in [6, 6.07) is 21.8. The van der Waals surface area contributed by atoms with E-state index in [1.807, 2.05) is 55.5 Å². The van der Waals surface area contributed by atoms with E-state index >= 15 is 0 Å². The van der Waals surface area contributed by atoms with Crippen LogP contribution in [0, 0.1) is 6.92 Å². The number of imidazole rings is 1. The minimum atomic E-state index is -0.111. The summed E-state index contributed by atoms with van der Waals surface area (Å²) in [5, 5.41) is 3.60. The van der Waals surface area contributed by atoms with Crippen molar-refractivity contribution in [1.82, 2.24) is 9.55 Å². The molecule has 5 rings (SSSR count). The second kappa shape index (κ2) is 6.90. The van der Waals surface area contributed by atoms with Gasteiger partial charge in [0.15, 0.2) is 0 Å². The van der Waals surface area contributed by atoms with Crippen LogP contribution in [-0.4, -0.2) is 15.5 Å². The Morgan fingerprint density at radius 2 is 1.83 bits per heavy atom. The van der Waals surface area contributed by atoms with Gasteiger partial charge in [-0.25, -0.2) is 4.98 Å². The number of fused-ring (bicyclic) bond motifs is 3. The van der Waals surface area contributed by atoms with Crippen LogP contribution in [0.5, 0.6) is 0 Å². The number of carbonyl (C=O) groups is 1. The Morgan fingerprint density at radius 1 is 1.03 bits per heavy atom. The van der Waals surface area contributed by atoms with Crippen molar-refractivity contribution in [3.05, 3.63) is 101 Å². The van der Waals surface area contributed by atoms with E-state index in [0.717, 1.165) is 28.9 Å². The molecule has 0 fully saturated rings. The molecule has 0 aliphatic heterocycles. The number of nitrogens with one attached hydrogen (secondary N) is 1. The third-order valence-corrected chi connectivity index (χ3v) is 5.81. The van der Waals surface area contributed by atoms with Crippen molar-refractivity contribution in [2.45, 2.75) is 13.3 Å². The molecule has 4 aromatic rings. The molecule has 0 spiro atoms. The fraction of sp³-hybridized carbons (Fsp3) is 0.0833. The van der Waals surface area contributed by atoms with Gasteiger partial charge in [0.25, 0.3) is 5.91 Å². The molecule has 0 saturated carbocycles. The molecule has 0 bridgehead atoms. The molecular weight excluding hydrogens is 382 g/mol. The van der Waals surface area contributed by atoms with Crippen LogP contribution in [0.15, 0.2) is 73.1 Å². The Morgan fingerprint density at radius 3 is 2.66 bits per heavy atom. The summed E-state index contributed by atoms with van der Waals surface area (Å²) < 4.78 is 1.80. The van der Waals surface area contributed by atoms with Gasteiger partial charge in [-0.2, -0.15) is 0 Å². The predicted molar refractivity (Wildman–Crippen MR) is 116 cm³/mol. The van der Waals surface area contributed by atoms with E-state index in [4.69, 9.17) is 11.6 Å². The molecule has 142 valence electrons. The van der Waals surface area contributed by atoms with E-state index in [1.165, 1.54) is 11.1 Å². The molecule has 1 amide bonds. The normalized spacial score (nSPS) is 11.8. The van der Waals surface area contributed by atoms with Crippen LogP contribution in [0.25, 0.3) is 16.8 Å². The lowest BCUT2D eigenvalue weighted by Crippen LogP contribution is -2.14. The standard InChI is InChI=1S/C24H18ClN3O/c1-15-23(25)28(14-26-15)18-8-4-7-17(13-18)27-24(29)21-11-5-10-20-19-9-3-2-6-16(19)12-22(20)21/h2-11,13-14H,12H2,1H3,(H,27,29). The molecule has 1 aliphatic carbocycles. The average Bonchev–Trinajstić information content (AvgIpc) is 3.28. The van der Waals surface area contributed by atoms with Crippen molar-refractivity contribution in [3.8, 4) is 16.8 Å². The first-order valence-corrected chi connectivity index (χ1v) is 9.81. The lowest BCUT2D eigenvalue weighted by atomic mass is 10.0. The monoisotopic (exact) mass is 399 g/mol. The quantitative estimate of drug-likeness (QED) is 0.425. The highest BCUT2D eigenvalue weighted by atomic mass is 35.5. The van der Waals surface area contributed by atoms with E-state index in [0.29, 0.717) is 16.4 Å². The van der Waals surface area contributed by atoms with Gasteiger partial charge in [0.1, 0.15) is 11.5 Å². The molecule has 0 atom stereocenters.